The minimum absolute atomic E-state index is 0.0158. The zero-order valence-electron chi connectivity index (χ0n) is 11.2. The van der Waals surface area contributed by atoms with Crippen molar-refractivity contribution in [3.63, 3.8) is 0 Å². The summed E-state index contributed by atoms with van der Waals surface area (Å²) in [7, 11) is 0. The molecule has 0 fully saturated rings. The van der Waals surface area contributed by atoms with Gasteiger partial charge in [-0.2, -0.15) is 0 Å². The largest absolute Gasteiger partial charge is 0.401 e. The summed E-state index contributed by atoms with van der Waals surface area (Å²) in [5.41, 5.74) is 6.14. The number of nitrogens with two attached hydrogens (primary N) is 1. The lowest BCUT2D eigenvalue weighted by molar-refractivity contribution is -0.143. The summed E-state index contributed by atoms with van der Waals surface area (Å²) in [6.07, 6.45) is 2.38. The van der Waals surface area contributed by atoms with E-state index in [1.807, 2.05) is 20.8 Å². The monoisotopic (exact) mass is 244 g/mol. The number of hydrogen-bond acceptors (Lipinski definition) is 5. The minimum Gasteiger partial charge on any atom is -0.401 e. The summed E-state index contributed by atoms with van der Waals surface area (Å²) in [4.78, 5) is 10.6. The molecule has 0 aromatic carbocycles. The van der Waals surface area contributed by atoms with Crippen molar-refractivity contribution in [1.29, 1.82) is 0 Å². The zero-order valence-corrected chi connectivity index (χ0v) is 11.2. The second-order valence-corrected chi connectivity index (χ2v) is 4.53. The van der Waals surface area contributed by atoms with E-state index < -0.39 is 5.60 Å². The van der Waals surface area contributed by atoms with Gasteiger partial charge < -0.3 is 20.5 Å². The number of nitrogens with one attached hydrogen (secondary N) is 1. The number of carbonyl (C=O) groups is 1. The molecule has 0 atom stereocenters. The van der Waals surface area contributed by atoms with Gasteiger partial charge in [-0.1, -0.05) is 0 Å². The predicted molar refractivity (Wildman–Crippen MR) is 67.2 cm³/mol. The van der Waals surface area contributed by atoms with Gasteiger partial charge in [0.25, 0.3) is 0 Å². The Labute approximate surface area is 103 Å². The van der Waals surface area contributed by atoms with Crippen LogP contribution in [-0.4, -0.2) is 31.3 Å². The van der Waals surface area contributed by atoms with Gasteiger partial charge in [-0.15, -0.1) is 0 Å². The van der Waals surface area contributed by atoms with Gasteiger partial charge in [-0.05, 0) is 27.7 Å². The summed E-state index contributed by atoms with van der Waals surface area (Å²) in [6.45, 7) is 8.35. The highest BCUT2D eigenvalue weighted by atomic mass is 16.7. The van der Waals surface area contributed by atoms with Gasteiger partial charge in [-0.3, -0.25) is 4.79 Å². The fraction of sp³-hybridized carbons (Fsp3) is 0.750. The summed E-state index contributed by atoms with van der Waals surface area (Å²) in [6, 6.07) is 0. The molecular weight excluding hydrogens is 220 g/mol. The molecule has 0 saturated heterocycles. The highest BCUT2D eigenvalue weighted by molar-refractivity contribution is 5.76. The van der Waals surface area contributed by atoms with Gasteiger partial charge >= 0.3 is 0 Å². The van der Waals surface area contributed by atoms with E-state index >= 15 is 0 Å². The molecular formula is C12H24N2O3. The van der Waals surface area contributed by atoms with Crippen molar-refractivity contribution in [2.45, 2.75) is 39.7 Å². The normalized spacial score (nSPS) is 12.6. The molecule has 0 aliphatic carbocycles. The van der Waals surface area contributed by atoms with Crippen molar-refractivity contribution in [3.8, 4) is 0 Å². The summed E-state index contributed by atoms with van der Waals surface area (Å²) in [5.74, 6) is -0.0158. The zero-order chi connectivity index (χ0) is 13.3. The van der Waals surface area contributed by atoms with Gasteiger partial charge in [0.1, 0.15) is 13.4 Å². The first-order valence-electron chi connectivity index (χ1n) is 5.76. The van der Waals surface area contributed by atoms with Crippen LogP contribution in [0.1, 0.15) is 34.1 Å². The Balaban J connectivity index is 3.90. The molecule has 0 heterocycles. The van der Waals surface area contributed by atoms with Crippen LogP contribution in [0.2, 0.25) is 0 Å². The maximum Gasteiger partial charge on any atom is 0.155 e. The molecule has 0 bridgehead atoms. The van der Waals surface area contributed by atoms with Gasteiger partial charge in [0.05, 0.1) is 5.60 Å². The summed E-state index contributed by atoms with van der Waals surface area (Å²) in [5, 5.41) is 3.03. The second kappa shape index (κ2) is 8.08. The molecule has 0 spiro atoms. The Morgan fingerprint density at radius 2 is 2.12 bits per heavy atom. The number of ether oxygens (including phenoxy) is 2. The molecule has 0 aromatic heterocycles. The number of rotatable bonds is 9. The van der Waals surface area contributed by atoms with E-state index in [1.165, 1.54) is 6.92 Å². The quantitative estimate of drug-likeness (QED) is 0.470. The van der Waals surface area contributed by atoms with E-state index in [2.05, 4.69) is 5.32 Å². The number of carbonyl (C=O) groups excluding carboxylic acids is 1. The molecule has 0 aliphatic rings. The van der Waals surface area contributed by atoms with Crippen molar-refractivity contribution in [2.24, 2.45) is 5.73 Å². The van der Waals surface area contributed by atoms with Gasteiger partial charge in [0, 0.05) is 24.9 Å². The Morgan fingerprint density at radius 3 is 2.65 bits per heavy atom. The number of Topliss-reactive ketones (excluding diaryl/α,β-unsaturated/α-hetero) is 1. The van der Waals surface area contributed by atoms with Crippen molar-refractivity contribution >= 4 is 5.78 Å². The third-order valence-electron chi connectivity index (χ3n) is 1.96. The van der Waals surface area contributed by atoms with Crippen LogP contribution in [0.4, 0.5) is 0 Å². The smallest absolute Gasteiger partial charge is 0.155 e. The fourth-order valence-corrected chi connectivity index (χ4v) is 1.21. The minimum atomic E-state index is -0.410. The Kier molecular flexibility index (Phi) is 7.58. The van der Waals surface area contributed by atoms with Gasteiger partial charge in [0.2, 0.25) is 0 Å². The lowest BCUT2D eigenvalue weighted by Crippen LogP contribution is -2.29. The van der Waals surface area contributed by atoms with Gasteiger partial charge in [0.15, 0.2) is 5.78 Å². The fourth-order valence-electron chi connectivity index (χ4n) is 1.21. The molecule has 0 rings (SSSR count). The van der Waals surface area contributed by atoms with E-state index in [-0.39, 0.29) is 19.2 Å². The maximum absolute atomic E-state index is 10.6. The second-order valence-electron chi connectivity index (χ2n) is 4.53. The molecule has 5 heteroatoms. The molecule has 5 nitrogen and oxygen atoms in total. The Hall–Kier alpha value is -1.07. The van der Waals surface area contributed by atoms with Crippen LogP contribution in [-0.2, 0) is 14.3 Å². The number of hydrogen-bond donors (Lipinski definition) is 2. The molecule has 17 heavy (non-hydrogen) atoms. The van der Waals surface area contributed by atoms with Crippen molar-refractivity contribution in [1.82, 2.24) is 5.32 Å². The molecule has 0 aliphatic heterocycles. The molecule has 3 N–H and O–H groups in total. The maximum atomic E-state index is 10.6. The molecule has 0 saturated carbocycles. The van der Waals surface area contributed by atoms with Crippen LogP contribution in [0.15, 0.2) is 11.9 Å². The van der Waals surface area contributed by atoms with Crippen molar-refractivity contribution < 1.29 is 14.3 Å². The first kappa shape index (κ1) is 15.9. The van der Waals surface area contributed by atoms with Crippen LogP contribution in [0.5, 0.6) is 0 Å². The van der Waals surface area contributed by atoms with E-state index in [0.29, 0.717) is 6.42 Å². The summed E-state index contributed by atoms with van der Waals surface area (Å²) >= 11 is 0. The predicted octanol–water partition coefficient (Wildman–Crippen LogP) is 1.14. The summed E-state index contributed by atoms with van der Waals surface area (Å²) < 4.78 is 10.6. The van der Waals surface area contributed by atoms with Crippen molar-refractivity contribution in [2.75, 3.05) is 19.9 Å². The van der Waals surface area contributed by atoms with Crippen LogP contribution in [0, 0.1) is 0 Å². The highest BCUT2D eigenvalue weighted by Crippen LogP contribution is 2.17. The van der Waals surface area contributed by atoms with E-state index in [9.17, 15) is 4.79 Å². The molecule has 0 radical (unpaired) electrons. The third kappa shape index (κ3) is 9.84. The highest BCUT2D eigenvalue weighted by Gasteiger charge is 2.19. The molecule has 0 unspecified atom stereocenters. The standard InChI is InChI=1S/C12H24N2O3/c1-5-14-7-11(13)6-12(3,4)17-9-16-8-10(2)15/h7,14H,5-6,8-9,13H2,1-4H3/b11-7-. The van der Waals surface area contributed by atoms with Crippen LogP contribution < -0.4 is 11.1 Å². The third-order valence-corrected chi connectivity index (χ3v) is 1.96. The topological polar surface area (TPSA) is 73.6 Å². The van der Waals surface area contributed by atoms with Crippen LogP contribution >= 0.6 is 0 Å². The van der Waals surface area contributed by atoms with Crippen LogP contribution in [0.3, 0.4) is 0 Å². The lowest BCUT2D eigenvalue weighted by atomic mass is 10.0. The Bertz CT molecular complexity index is 262. The van der Waals surface area contributed by atoms with E-state index in [0.717, 1.165) is 12.2 Å². The molecule has 0 aromatic rings. The first-order valence-corrected chi connectivity index (χ1v) is 5.76. The van der Waals surface area contributed by atoms with E-state index in [1.54, 1.807) is 6.20 Å². The van der Waals surface area contributed by atoms with Crippen molar-refractivity contribution in [3.05, 3.63) is 11.9 Å². The Morgan fingerprint density at radius 1 is 1.47 bits per heavy atom. The van der Waals surface area contributed by atoms with E-state index in [4.69, 9.17) is 15.2 Å². The number of ketones is 1. The SMILES string of the molecule is CCN/C=C(\N)CC(C)(C)OCOCC(C)=O. The average Bonchev–Trinajstić information content (AvgIpc) is 2.20. The molecule has 0 amide bonds. The average molecular weight is 244 g/mol. The lowest BCUT2D eigenvalue weighted by Gasteiger charge is -2.25. The first-order chi connectivity index (χ1) is 7.87. The molecule has 100 valence electrons. The van der Waals surface area contributed by atoms with Gasteiger partial charge in [-0.25, -0.2) is 0 Å². The van der Waals surface area contributed by atoms with Crippen LogP contribution in [0.25, 0.3) is 0 Å².